The molecule has 1 saturated heterocycles. The van der Waals surface area contributed by atoms with Crippen LogP contribution in [-0.2, 0) is 15.9 Å². The number of nitrogens with one attached hydrogen (secondary N) is 1. The fraction of sp³-hybridized carbons (Fsp3) is 0.833. The van der Waals surface area contributed by atoms with E-state index in [0.29, 0.717) is 18.4 Å². The number of hydrogen-bond acceptors (Lipinski definition) is 6. The van der Waals surface area contributed by atoms with Gasteiger partial charge in [0.15, 0.2) is 11.8 Å². The summed E-state index contributed by atoms with van der Waals surface area (Å²) in [6.45, 7) is 8.26. The molecule has 1 aliphatic heterocycles. The Bertz CT molecular complexity index is 545. The van der Waals surface area contributed by atoms with Crippen molar-refractivity contribution in [1.82, 2.24) is 20.4 Å². The number of guanidine groups is 1. The summed E-state index contributed by atoms with van der Waals surface area (Å²) < 4.78 is 16.2. The van der Waals surface area contributed by atoms with Gasteiger partial charge in [0.2, 0.25) is 5.89 Å². The highest BCUT2D eigenvalue weighted by atomic mass is 127. The fourth-order valence-electron chi connectivity index (χ4n) is 2.91. The number of rotatable bonds is 9. The van der Waals surface area contributed by atoms with Crippen molar-refractivity contribution in [3.63, 3.8) is 0 Å². The third-order valence-corrected chi connectivity index (χ3v) is 4.42. The third-order valence-electron chi connectivity index (χ3n) is 4.42. The molecule has 0 aromatic carbocycles. The van der Waals surface area contributed by atoms with Gasteiger partial charge in [-0.25, -0.2) is 0 Å². The molecule has 1 aliphatic rings. The molecule has 27 heavy (non-hydrogen) atoms. The molecule has 0 radical (unpaired) electrons. The average molecular weight is 495 g/mol. The number of likely N-dealkylation sites (tertiary alicyclic amines) is 1. The zero-order valence-corrected chi connectivity index (χ0v) is 19.3. The number of methoxy groups -OCH3 is 1. The molecule has 8 nitrogen and oxygen atoms in total. The van der Waals surface area contributed by atoms with Gasteiger partial charge in [0.25, 0.3) is 0 Å². The number of piperidine rings is 1. The van der Waals surface area contributed by atoms with Crippen LogP contribution in [0.5, 0.6) is 0 Å². The van der Waals surface area contributed by atoms with Crippen molar-refractivity contribution in [3.8, 4) is 0 Å². The lowest BCUT2D eigenvalue weighted by molar-refractivity contribution is 0.00991. The van der Waals surface area contributed by atoms with E-state index in [1.165, 1.54) is 0 Å². The minimum atomic E-state index is 0. The quantitative estimate of drug-likeness (QED) is 0.244. The lowest BCUT2D eigenvalue weighted by Gasteiger charge is -2.34. The summed E-state index contributed by atoms with van der Waals surface area (Å²) in [6.07, 6.45) is 4.03. The number of aromatic nitrogens is 2. The Balaban J connectivity index is 0.00000364. The van der Waals surface area contributed by atoms with E-state index in [4.69, 9.17) is 14.0 Å². The van der Waals surface area contributed by atoms with Gasteiger partial charge in [-0.3, -0.25) is 4.99 Å². The Kier molecular flexibility index (Phi) is 11.8. The van der Waals surface area contributed by atoms with Gasteiger partial charge < -0.3 is 24.2 Å². The summed E-state index contributed by atoms with van der Waals surface area (Å²) in [7, 11) is 3.54. The molecule has 0 bridgehead atoms. The topological polar surface area (TPSA) is 85.0 Å². The van der Waals surface area contributed by atoms with E-state index in [9.17, 15) is 0 Å². The Labute approximate surface area is 179 Å². The second-order valence-corrected chi connectivity index (χ2v) is 6.83. The van der Waals surface area contributed by atoms with Gasteiger partial charge in [-0.05, 0) is 19.3 Å². The smallest absolute Gasteiger partial charge is 0.228 e. The largest absolute Gasteiger partial charge is 0.385 e. The molecule has 1 N–H and O–H groups in total. The number of hydrogen-bond donors (Lipinski definition) is 1. The monoisotopic (exact) mass is 495 g/mol. The van der Waals surface area contributed by atoms with Crippen molar-refractivity contribution in [3.05, 3.63) is 11.7 Å². The predicted octanol–water partition coefficient (Wildman–Crippen LogP) is 2.45. The minimum absolute atomic E-state index is 0. The van der Waals surface area contributed by atoms with Gasteiger partial charge in [0, 0.05) is 59.3 Å². The maximum Gasteiger partial charge on any atom is 0.228 e. The van der Waals surface area contributed by atoms with Gasteiger partial charge >= 0.3 is 0 Å². The standard InChI is InChI=1S/C18H33N5O3.HI/c1-14(2)17-21-16(26-22-17)6-9-20-18(19-3)23-10-7-15(8-11-23)25-13-5-12-24-4;/h14-15H,5-13H2,1-4H3,(H,19,20);1H. The van der Waals surface area contributed by atoms with E-state index in [-0.39, 0.29) is 29.9 Å². The van der Waals surface area contributed by atoms with Crippen molar-refractivity contribution < 1.29 is 14.0 Å². The van der Waals surface area contributed by atoms with Crippen molar-refractivity contribution in [2.24, 2.45) is 4.99 Å². The molecule has 1 aromatic rings. The van der Waals surface area contributed by atoms with E-state index in [1.807, 2.05) is 7.05 Å². The van der Waals surface area contributed by atoms with Crippen LogP contribution in [0.25, 0.3) is 0 Å². The van der Waals surface area contributed by atoms with Crippen LogP contribution in [-0.4, -0.2) is 74.1 Å². The summed E-state index contributed by atoms with van der Waals surface area (Å²) in [6, 6.07) is 0. The van der Waals surface area contributed by atoms with Gasteiger partial charge in [0.1, 0.15) is 0 Å². The van der Waals surface area contributed by atoms with Gasteiger partial charge in [-0.1, -0.05) is 19.0 Å². The van der Waals surface area contributed by atoms with Gasteiger partial charge in [-0.15, -0.1) is 24.0 Å². The normalized spacial score (nSPS) is 15.9. The maximum absolute atomic E-state index is 5.91. The molecule has 0 aliphatic carbocycles. The van der Waals surface area contributed by atoms with E-state index in [0.717, 1.165) is 63.9 Å². The van der Waals surface area contributed by atoms with Crippen molar-refractivity contribution in [1.29, 1.82) is 0 Å². The first-order valence-electron chi connectivity index (χ1n) is 9.52. The van der Waals surface area contributed by atoms with E-state index < -0.39 is 0 Å². The molecule has 9 heteroatoms. The van der Waals surface area contributed by atoms with Crippen LogP contribution in [0.15, 0.2) is 9.52 Å². The summed E-state index contributed by atoms with van der Waals surface area (Å²) >= 11 is 0. The Morgan fingerprint density at radius 3 is 2.67 bits per heavy atom. The highest BCUT2D eigenvalue weighted by Crippen LogP contribution is 2.14. The first kappa shape index (κ1) is 24.1. The summed E-state index contributed by atoms with van der Waals surface area (Å²) in [5.41, 5.74) is 0. The number of aliphatic imine (C=N–C) groups is 1. The van der Waals surface area contributed by atoms with E-state index in [1.54, 1.807) is 7.11 Å². The molecule has 0 amide bonds. The molecule has 2 heterocycles. The number of ether oxygens (including phenoxy) is 2. The molecule has 0 unspecified atom stereocenters. The first-order valence-corrected chi connectivity index (χ1v) is 9.52. The maximum atomic E-state index is 5.91. The lowest BCUT2D eigenvalue weighted by Crippen LogP contribution is -2.47. The zero-order chi connectivity index (χ0) is 18.8. The lowest BCUT2D eigenvalue weighted by atomic mass is 10.1. The molecule has 0 saturated carbocycles. The van der Waals surface area contributed by atoms with E-state index >= 15 is 0 Å². The summed E-state index contributed by atoms with van der Waals surface area (Å²) in [5.74, 6) is 2.63. The van der Waals surface area contributed by atoms with Crippen molar-refractivity contribution in [2.75, 3.05) is 47.0 Å². The molecule has 1 aromatic heterocycles. The number of nitrogens with zero attached hydrogens (tertiary/aromatic N) is 4. The van der Waals surface area contributed by atoms with Crippen LogP contribution in [0.3, 0.4) is 0 Å². The first-order chi connectivity index (χ1) is 12.6. The van der Waals surface area contributed by atoms with Crippen LogP contribution in [0.4, 0.5) is 0 Å². The summed E-state index contributed by atoms with van der Waals surface area (Å²) in [5, 5.41) is 7.38. The molecule has 0 spiro atoms. The third kappa shape index (κ3) is 8.30. The Hall–Kier alpha value is -0.940. The number of halogens is 1. The predicted molar refractivity (Wildman–Crippen MR) is 116 cm³/mol. The molecular weight excluding hydrogens is 461 g/mol. The Morgan fingerprint density at radius 1 is 1.33 bits per heavy atom. The van der Waals surface area contributed by atoms with Gasteiger partial charge in [-0.2, -0.15) is 4.98 Å². The van der Waals surface area contributed by atoms with Crippen molar-refractivity contribution >= 4 is 29.9 Å². The highest BCUT2D eigenvalue weighted by Gasteiger charge is 2.21. The molecule has 1 fully saturated rings. The average Bonchev–Trinajstić information content (AvgIpc) is 3.12. The van der Waals surface area contributed by atoms with Crippen LogP contribution in [0.1, 0.15) is 50.7 Å². The molecular formula is C18H34IN5O3. The molecule has 0 atom stereocenters. The summed E-state index contributed by atoms with van der Waals surface area (Å²) in [4.78, 5) is 11.1. The van der Waals surface area contributed by atoms with Crippen molar-refractivity contribution in [2.45, 2.75) is 51.6 Å². The van der Waals surface area contributed by atoms with Crippen LogP contribution in [0.2, 0.25) is 0 Å². The van der Waals surface area contributed by atoms with Gasteiger partial charge in [0.05, 0.1) is 6.10 Å². The van der Waals surface area contributed by atoms with Crippen LogP contribution >= 0.6 is 24.0 Å². The second kappa shape index (κ2) is 13.3. The second-order valence-electron chi connectivity index (χ2n) is 6.83. The SMILES string of the molecule is CN=C(NCCc1nc(C(C)C)no1)N1CCC(OCCCOC)CC1.I. The highest BCUT2D eigenvalue weighted by molar-refractivity contribution is 14.0. The zero-order valence-electron chi connectivity index (χ0n) is 16.9. The van der Waals surface area contributed by atoms with Crippen LogP contribution in [0, 0.1) is 0 Å². The fourth-order valence-corrected chi connectivity index (χ4v) is 2.91. The molecule has 2 rings (SSSR count). The molecule has 156 valence electrons. The Morgan fingerprint density at radius 2 is 2.07 bits per heavy atom. The van der Waals surface area contributed by atoms with Crippen LogP contribution < -0.4 is 5.32 Å². The minimum Gasteiger partial charge on any atom is -0.385 e. The van der Waals surface area contributed by atoms with E-state index in [2.05, 4.69) is 39.2 Å².